The summed E-state index contributed by atoms with van der Waals surface area (Å²) in [5.74, 6) is 0.559. The third-order valence-corrected chi connectivity index (χ3v) is 4.96. The molecule has 160 valence electrons. The van der Waals surface area contributed by atoms with Crippen LogP contribution in [0.4, 0.5) is 26.5 Å². The van der Waals surface area contributed by atoms with Crippen LogP contribution in [0.25, 0.3) is 0 Å². The number of nitrogens with zero attached hydrogens (tertiary/aromatic N) is 4. The molecule has 8 nitrogen and oxygen atoms in total. The molecule has 0 aliphatic carbocycles. The van der Waals surface area contributed by atoms with Crippen LogP contribution in [0, 0.1) is 5.82 Å². The number of hydrogen-bond donors (Lipinski definition) is 2. The average molecular weight is 422 g/mol. The predicted octanol–water partition coefficient (Wildman–Crippen LogP) is 3.13. The Hall–Kier alpha value is -3.88. The van der Waals surface area contributed by atoms with Crippen LogP contribution in [0.5, 0.6) is 5.75 Å². The number of ether oxygens (including phenoxy) is 1. The molecular formula is C22H23FN6O2. The molecule has 9 heteroatoms. The Morgan fingerprint density at radius 3 is 2.68 bits per heavy atom. The van der Waals surface area contributed by atoms with Crippen LogP contribution in [0.3, 0.4) is 0 Å². The number of urea groups is 1. The molecule has 3 aromatic rings. The van der Waals surface area contributed by atoms with Crippen molar-refractivity contribution in [1.29, 1.82) is 0 Å². The molecule has 0 bridgehead atoms. The Labute approximate surface area is 179 Å². The summed E-state index contributed by atoms with van der Waals surface area (Å²) in [6.07, 6.45) is 1.60. The van der Waals surface area contributed by atoms with Gasteiger partial charge in [0.1, 0.15) is 18.2 Å². The van der Waals surface area contributed by atoms with Gasteiger partial charge < -0.3 is 25.6 Å². The number of nitrogens with two attached hydrogens (primary N) is 1. The van der Waals surface area contributed by atoms with Gasteiger partial charge in [-0.2, -0.15) is 0 Å². The molecule has 1 aromatic heterocycles. The van der Waals surface area contributed by atoms with Crippen molar-refractivity contribution < 1.29 is 13.9 Å². The SMILES string of the molecule is Nc1nccc(COc2ccccc2N2CCN(C(=O)Nc3cccc(F)c3)CC2)n1. The third-order valence-electron chi connectivity index (χ3n) is 4.96. The van der Waals surface area contributed by atoms with Crippen molar-refractivity contribution in [2.45, 2.75) is 6.61 Å². The first-order chi connectivity index (χ1) is 15.1. The van der Waals surface area contributed by atoms with Crippen molar-refractivity contribution >= 4 is 23.4 Å². The molecule has 1 fully saturated rings. The van der Waals surface area contributed by atoms with Crippen LogP contribution in [0.2, 0.25) is 0 Å². The van der Waals surface area contributed by atoms with Crippen molar-refractivity contribution in [3.63, 3.8) is 0 Å². The first-order valence-electron chi connectivity index (χ1n) is 9.94. The zero-order valence-corrected chi connectivity index (χ0v) is 16.9. The van der Waals surface area contributed by atoms with Crippen LogP contribution in [0.1, 0.15) is 5.69 Å². The van der Waals surface area contributed by atoms with Gasteiger partial charge in [0.25, 0.3) is 0 Å². The van der Waals surface area contributed by atoms with E-state index in [9.17, 15) is 9.18 Å². The largest absolute Gasteiger partial charge is 0.485 e. The molecule has 0 unspecified atom stereocenters. The van der Waals surface area contributed by atoms with Crippen LogP contribution in [-0.4, -0.2) is 47.1 Å². The summed E-state index contributed by atoms with van der Waals surface area (Å²) in [5, 5.41) is 2.74. The number of anilines is 3. The Morgan fingerprint density at radius 1 is 1.10 bits per heavy atom. The van der Waals surface area contributed by atoms with E-state index in [1.54, 1.807) is 29.3 Å². The second-order valence-corrected chi connectivity index (χ2v) is 7.08. The first kappa shape index (κ1) is 20.4. The van der Waals surface area contributed by atoms with E-state index >= 15 is 0 Å². The minimum absolute atomic E-state index is 0.210. The maximum atomic E-state index is 13.3. The van der Waals surface area contributed by atoms with E-state index in [0.717, 1.165) is 11.4 Å². The highest BCUT2D eigenvalue weighted by Crippen LogP contribution is 2.29. The summed E-state index contributed by atoms with van der Waals surface area (Å²) < 4.78 is 19.3. The molecule has 1 saturated heterocycles. The van der Waals surface area contributed by atoms with Crippen molar-refractivity contribution in [3.8, 4) is 5.75 Å². The van der Waals surface area contributed by atoms with Gasteiger partial charge in [-0.1, -0.05) is 18.2 Å². The van der Waals surface area contributed by atoms with Crippen LogP contribution in [-0.2, 0) is 6.61 Å². The molecule has 0 radical (unpaired) electrons. The van der Waals surface area contributed by atoms with Gasteiger partial charge in [-0.05, 0) is 36.4 Å². The van der Waals surface area contributed by atoms with E-state index in [2.05, 4.69) is 20.2 Å². The quantitative estimate of drug-likeness (QED) is 0.656. The zero-order valence-electron chi connectivity index (χ0n) is 16.9. The summed E-state index contributed by atoms with van der Waals surface area (Å²) >= 11 is 0. The number of halogens is 1. The summed E-state index contributed by atoms with van der Waals surface area (Å²) in [5.41, 5.74) is 7.72. The highest BCUT2D eigenvalue weighted by Gasteiger charge is 2.23. The van der Waals surface area contributed by atoms with Crippen molar-refractivity contribution in [1.82, 2.24) is 14.9 Å². The second-order valence-electron chi connectivity index (χ2n) is 7.08. The fourth-order valence-corrected chi connectivity index (χ4v) is 3.40. The lowest BCUT2D eigenvalue weighted by atomic mass is 10.2. The third kappa shape index (κ3) is 5.19. The molecule has 1 aliphatic rings. The number of para-hydroxylation sites is 2. The maximum Gasteiger partial charge on any atom is 0.321 e. The number of rotatable bonds is 5. The van der Waals surface area contributed by atoms with Gasteiger partial charge in [-0.25, -0.2) is 19.2 Å². The second kappa shape index (κ2) is 9.29. The Balaban J connectivity index is 1.36. The summed E-state index contributed by atoms with van der Waals surface area (Å²) in [6.45, 7) is 2.66. The molecular weight excluding hydrogens is 399 g/mol. The molecule has 0 saturated carbocycles. The number of carbonyl (C=O) groups excluding carboxylic acids is 1. The smallest absolute Gasteiger partial charge is 0.321 e. The molecule has 1 aliphatic heterocycles. The predicted molar refractivity (Wildman–Crippen MR) is 116 cm³/mol. The highest BCUT2D eigenvalue weighted by molar-refractivity contribution is 5.89. The lowest BCUT2D eigenvalue weighted by Crippen LogP contribution is -2.50. The first-order valence-corrected chi connectivity index (χ1v) is 9.94. The van der Waals surface area contributed by atoms with Crippen molar-refractivity contribution in [2.75, 3.05) is 42.1 Å². The Bertz CT molecular complexity index is 1060. The van der Waals surface area contributed by atoms with E-state index in [0.29, 0.717) is 37.6 Å². The molecule has 0 spiro atoms. The van der Waals surface area contributed by atoms with E-state index < -0.39 is 0 Å². The number of piperazine rings is 1. The molecule has 4 rings (SSSR count). The molecule has 0 atom stereocenters. The molecule has 2 heterocycles. The molecule has 3 N–H and O–H groups in total. The Morgan fingerprint density at radius 2 is 1.90 bits per heavy atom. The number of aromatic nitrogens is 2. The number of benzene rings is 2. The van der Waals surface area contributed by atoms with Gasteiger partial charge in [0, 0.05) is 38.1 Å². The van der Waals surface area contributed by atoms with Gasteiger partial charge in [0.2, 0.25) is 5.95 Å². The van der Waals surface area contributed by atoms with Crippen LogP contribution < -0.4 is 20.7 Å². The lowest BCUT2D eigenvalue weighted by Gasteiger charge is -2.36. The topological polar surface area (TPSA) is 96.6 Å². The van der Waals surface area contributed by atoms with Gasteiger partial charge in [-0.3, -0.25) is 0 Å². The highest BCUT2D eigenvalue weighted by atomic mass is 19.1. The lowest BCUT2D eigenvalue weighted by molar-refractivity contribution is 0.208. The minimum Gasteiger partial charge on any atom is -0.485 e. The van der Waals surface area contributed by atoms with E-state index in [4.69, 9.17) is 10.5 Å². The average Bonchev–Trinajstić information content (AvgIpc) is 2.78. The molecule has 31 heavy (non-hydrogen) atoms. The number of nitrogens with one attached hydrogen (secondary N) is 1. The standard InChI is InChI=1S/C22H23FN6O2/c23-16-4-3-5-17(14-16)27-22(30)29-12-10-28(11-13-29)19-6-1-2-7-20(19)31-15-18-8-9-25-21(24)26-18/h1-9,14H,10-13,15H2,(H,27,30)(H2,24,25,26). The monoisotopic (exact) mass is 422 g/mol. The maximum absolute atomic E-state index is 13.3. The number of nitrogen functional groups attached to an aromatic ring is 1. The summed E-state index contributed by atoms with van der Waals surface area (Å²) in [6, 6.07) is 15.1. The Kier molecular flexibility index (Phi) is 6.11. The van der Waals surface area contributed by atoms with E-state index in [1.807, 2.05) is 24.3 Å². The van der Waals surface area contributed by atoms with Gasteiger partial charge in [-0.15, -0.1) is 0 Å². The zero-order chi connectivity index (χ0) is 21.6. The summed E-state index contributed by atoms with van der Waals surface area (Å²) in [4.78, 5) is 24.4. The van der Waals surface area contributed by atoms with Crippen molar-refractivity contribution in [3.05, 3.63) is 72.3 Å². The van der Waals surface area contributed by atoms with Crippen LogP contribution >= 0.6 is 0 Å². The number of amides is 2. The van der Waals surface area contributed by atoms with Crippen LogP contribution in [0.15, 0.2) is 60.8 Å². The van der Waals surface area contributed by atoms with E-state index in [-0.39, 0.29) is 24.4 Å². The van der Waals surface area contributed by atoms with Gasteiger partial charge in [0.05, 0.1) is 11.4 Å². The van der Waals surface area contributed by atoms with Crippen molar-refractivity contribution in [2.24, 2.45) is 0 Å². The molecule has 2 amide bonds. The fraction of sp³-hybridized carbons (Fsp3) is 0.227. The van der Waals surface area contributed by atoms with Gasteiger partial charge in [0.15, 0.2) is 0 Å². The minimum atomic E-state index is -0.385. The van der Waals surface area contributed by atoms with Gasteiger partial charge >= 0.3 is 6.03 Å². The number of carbonyl (C=O) groups is 1. The van der Waals surface area contributed by atoms with E-state index in [1.165, 1.54) is 12.1 Å². The number of hydrogen-bond acceptors (Lipinski definition) is 6. The fourth-order valence-electron chi connectivity index (χ4n) is 3.40. The summed E-state index contributed by atoms with van der Waals surface area (Å²) in [7, 11) is 0. The normalized spacial score (nSPS) is 13.7. The molecule has 2 aromatic carbocycles.